The van der Waals surface area contributed by atoms with E-state index < -0.39 is 0 Å². The Kier molecular flexibility index (Phi) is 5.56. The molecule has 17 heavy (non-hydrogen) atoms. The van der Waals surface area contributed by atoms with Gasteiger partial charge in [-0.1, -0.05) is 13.8 Å². The summed E-state index contributed by atoms with van der Waals surface area (Å²) in [6, 6.07) is 0. The van der Waals surface area contributed by atoms with Crippen LogP contribution in [0.2, 0.25) is 0 Å². The fraction of sp³-hybridized carbons (Fsp3) is 0.583. The first-order valence-corrected chi connectivity index (χ1v) is 5.83. The van der Waals surface area contributed by atoms with Gasteiger partial charge in [-0.05, 0) is 13.1 Å². The molecular weight excluding hydrogens is 218 g/mol. The monoisotopic (exact) mass is 237 g/mol. The number of nitrogens with zero attached hydrogens (tertiary/aromatic N) is 3. The molecule has 1 heterocycles. The number of ether oxygens (including phenoxy) is 1. The summed E-state index contributed by atoms with van der Waals surface area (Å²) in [6.07, 6.45) is 3.46. The van der Waals surface area contributed by atoms with Gasteiger partial charge in [0.15, 0.2) is 11.5 Å². The van der Waals surface area contributed by atoms with E-state index in [2.05, 4.69) is 28.7 Å². The van der Waals surface area contributed by atoms with Crippen LogP contribution in [0.4, 0.5) is 0 Å². The maximum atomic E-state index is 12.0. The van der Waals surface area contributed by atoms with Crippen molar-refractivity contribution in [2.24, 2.45) is 0 Å². The van der Waals surface area contributed by atoms with Gasteiger partial charge in [0.2, 0.25) is 5.88 Å². The van der Waals surface area contributed by atoms with E-state index >= 15 is 0 Å². The van der Waals surface area contributed by atoms with Crippen LogP contribution in [0.1, 0.15) is 30.8 Å². The van der Waals surface area contributed by atoms with Crippen molar-refractivity contribution in [3.63, 3.8) is 0 Å². The molecule has 94 valence electrons. The Bertz CT molecular complexity index is 365. The molecule has 0 saturated carbocycles. The predicted octanol–water partition coefficient (Wildman–Crippen LogP) is 1.40. The van der Waals surface area contributed by atoms with E-state index in [-0.39, 0.29) is 5.78 Å². The average molecular weight is 237 g/mol. The summed E-state index contributed by atoms with van der Waals surface area (Å²) in [5.74, 6) is 0.277. The summed E-state index contributed by atoms with van der Waals surface area (Å²) in [5.41, 5.74) is 0.321. The highest BCUT2D eigenvalue weighted by molar-refractivity contribution is 5.96. The van der Waals surface area contributed by atoms with Crippen LogP contribution >= 0.6 is 0 Å². The first kappa shape index (κ1) is 13.6. The Balaban J connectivity index is 2.63. The molecule has 0 amide bonds. The summed E-state index contributed by atoms with van der Waals surface area (Å²) in [7, 11) is 1.49. The van der Waals surface area contributed by atoms with Gasteiger partial charge in [0.1, 0.15) is 0 Å². The quantitative estimate of drug-likeness (QED) is 0.671. The van der Waals surface area contributed by atoms with Crippen LogP contribution in [0.15, 0.2) is 12.4 Å². The smallest absolute Gasteiger partial charge is 0.243 e. The number of hydrogen-bond donors (Lipinski definition) is 0. The van der Waals surface area contributed by atoms with Crippen molar-refractivity contribution >= 4 is 5.78 Å². The number of carbonyl (C=O) groups excluding carboxylic acids is 1. The maximum Gasteiger partial charge on any atom is 0.243 e. The fourth-order valence-electron chi connectivity index (χ4n) is 1.58. The van der Waals surface area contributed by atoms with E-state index in [9.17, 15) is 4.79 Å². The molecular formula is C12H19N3O2. The zero-order valence-electron chi connectivity index (χ0n) is 10.6. The minimum Gasteiger partial charge on any atom is -0.479 e. The van der Waals surface area contributed by atoms with Crippen LogP contribution in [0.25, 0.3) is 0 Å². The first-order chi connectivity index (χ1) is 8.22. The molecule has 0 radical (unpaired) electrons. The highest BCUT2D eigenvalue weighted by atomic mass is 16.5. The lowest BCUT2D eigenvalue weighted by molar-refractivity contribution is 0.0957. The molecule has 0 aromatic carbocycles. The van der Waals surface area contributed by atoms with E-state index in [1.807, 2.05) is 0 Å². The van der Waals surface area contributed by atoms with Crippen LogP contribution in [0, 0.1) is 0 Å². The summed E-state index contributed by atoms with van der Waals surface area (Å²) in [4.78, 5) is 22.1. The molecule has 0 unspecified atom stereocenters. The molecule has 1 aromatic rings. The maximum absolute atomic E-state index is 12.0. The van der Waals surface area contributed by atoms with Gasteiger partial charge < -0.3 is 9.64 Å². The number of hydrogen-bond acceptors (Lipinski definition) is 5. The minimum absolute atomic E-state index is 0.0261. The highest BCUT2D eigenvalue weighted by Crippen LogP contribution is 2.12. The summed E-state index contributed by atoms with van der Waals surface area (Å²) in [6.45, 7) is 6.79. The summed E-state index contributed by atoms with van der Waals surface area (Å²) in [5, 5.41) is 0. The van der Waals surface area contributed by atoms with Gasteiger partial charge in [0.05, 0.1) is 7.11 Å². The van der Waals surface area contributed by atoms with Gasteiger partial charge in [-0.2, -0.15) is 0 Å². The second-order valence-corrected chi connectivity index (χ2v) is 3.61. The summed E-state index contributed by atoms with van der Waals surface area (Å²) >= 11 is 0. The number of ketones is 1. The topological polar surface area (TPSA) is 55.3 Å². The van der Waals surface area contributed by atoms with Crippen LogP contribution in [-0.2, 0) is 0 Å². The van der Waals surface area contributed by atoms with Gasteiger partial charge in [-0.15, -0.1) is 0 Å². The molecule has 0 spiro atoms. The lowest BCUT2D eigenvalue weighted by Crippen LogP contribution is -2.26. The Morgan fingerprint density at radius 2 is 1.94 bits per heavy atom. The fourth-order valence-corrected chi connectivity index (χ4v) is 1.58. The lowest BCUT2D eigenvalue weighted by Gasteiger charge is -2.17. The number of Topliss-reactive ketones (excluding diaryl/α,β-unsaturated/α-hetero) is 1. The molecule has 0 saturated heterocycles. The number of carbonyl (C=O) groups is 1. The third-order valence-electron chi connectivity index (χ3n) is 2.67. The Morgan fingerprint density at radius 3 is 2.53 bits per heavy atom. The molecule has 0 aliphatic carbocycles. The van der Waals surface area contributed by atoms with Crippen molar-refractivity contribution in [3.05, 3.63) is 18.1 Å². The van der Waals surface area contributed by atoms with Crippen molar-refractivity contribution in [1.82, 2.24) is 14.9 Å². The number of methoxy groups -OCH3 is 1. The Hall–Kier alpha value is -1.49. The molecule has 5 heteroatoms. The van der Waals surface area contributed by atoms with Crippen molar-refractivity contribution in [3.8, 4) is 5.88 Å². The van der Waals surface area contributed by atoms with Gasteiger partial charge in [0, 0.05) is 25.4 Å². The zero-order chi connectivity index (χ0) is 12.7. The molecule has 1 aromatic heterocycles. The molecule has 0 atom stereocenters. The van der Waals surface area contributed by atoms with Crippen LogP contribution in [0.5, 0.6) is 5.88 Å². The molecule has 0 aliphatic rings. The SMILES string of the molecule is CCN(CC)CCC(=O)c1nccnc1OC. The van der Waals surface area contributed by atoms with Gasteiger partial charge in [-0.3, -0.25) is 4.79 Å². The Labute approximate surface area is 102 Å². The molecule has 1 rings (SSSR count). The predicted molar refractivity (Wildman–Crippen MR) is 65.3 cm³/mol. The van der Waals surface area contributed by atoms with Crippen molar-refractivity contribution < 1.29 is 9.53 Å². The van der Waals surface area contributed by atoms with E-state index in [0.717, 1.165) is 19.6 Å². The van der Waals surface area contributed by atoms with E-state index in [0.29, 0.717) is 18.0 Å². The Morgan fingerprint density at radius 1 is 1.29 bits per heavy atom. The molecule has 0 aliphatic heterocycles. The molecule has 5 nitrogen and oxygen atoms in total. The van der Waals surface area contributed by atoms with Gasteiger partial charge in [-0.25, -0.2) is 9.97 Å². The van der Waals surface area contributed by atoms with Crippen LogP contribution < -0.4 is 4.74 Å². The zero-order valence-corrected chi connectivity index (χ0v) is 10.6. The number of rotatable bonds is 7. The average Bonchev–Trinajstić information content (AvgIpc) is 2.39. The third-order valence-corrected chi connectivity index (χ3v) is 2.67. The highest BCUT2D eigenvalue weighted by Gasteiger charge is 2.15. The molecule has 0 fully saturated rings. The summed E-state index contributed by atoms with van der Waals surface area (Å²) < 4.78 is 5.02. The largest absolute Gasteiger partial charge is 0.479 e. The van der Waals surface area contributed by atoms with Crippen LogP contribution in [0.3, 0.4) is 0 Å². The molecule has 0 bridgehead atoms. The van der Waals surface area contributed by atoms with Crippen molar-refractivity contribution in [2.75, 3.05) is 26.7 Å². The van der Waals surface area contributed by atoms with E-state index in [4.69, 9.17) is 4.74 Å². The normalized spacial score (nSPS) is 10.6. The van der Waals surface area contributed by atoms with E-state index in [1.54, 1.807) is 0 Å². The van der Waals surface area contributed by atoms with Crippen LogP contribution in [-0.4, -0.2) is 47.4 Å². The molecule has 0 N–H and O–H groups in total. The standard InChI is InChI=1S/C12H19N3O2/c1-4-15(5-2)9-6-10(16)11-12(17-3)14-8-7-13-11/h7-8H,4-6,9H2,1-3H3. The van der Waals surface area contributed by atoms with Gasteiger partial charge in [0.25, 0.3) is 0 Å². The lowest BCUT2D eigenvalue weighted by atomic mass is 10.2. The second kappa shape index (κ2) is 6.96. The van der Waals surface area contributed by atoms with E-state index in [1.165, 1.54) is 19.5 Å². The second-order valence-electron chi connectivity index (χ2n) is 3.61. The third kappa shape index (κ3) is 3.78. The van der Waals surface area contributed by atoms with Gasteiger partial charge >= 0.3 is 0 Å². The van der Waals surface area contributed by atoms with Crippen molar-refractivity contribution in [1.29, 1.82) is 0 Å². The number of aromatic nitrogens is 2. The minimum atomic E-state index is -0.0261. The first-order valence-electron chi connectivity index (χ1n) is 5.83. The van der Waals surface area contributed by atoms with Crippen molar-refractivity contribution in [2.45, 2.75) is 20.3 Å².